The highest BCUT2D eigenvalue weighted by atomic mass is 19.1. The maximum atomic E-state index is 12.9. The Hall–Kier alpha value is -1.13. The van der Waals surface area contributed by atoms with Crippen molar-refractivity contribution in [1.82, 2.24) is 0 Å². The van der Waals surface area contributed by atoms with Crippen molar-refractivity contribution in [3.63, 3.8) is 0 Å². The van der Waals surface area contributed by atoms with Gasteiger partial charge in [-0.2, -0.15) is 0 Å². The highest BCUT2D eigenvalue weighted by Crippen LogP contribution is 2.09. The summed E-state index contributed by atoms with van der Waals surface area (Å²) in [5.74, 6) is -0.939. The molecule has 14 heavy (non-hydrogen) atoms. The Bertz CT molecular complexity index is 193. The molecule has 0 amide bonds. The van der Waals surface area contributed by atoms with Crippen LogP contribution in [0.15, 0.2) is 0 Å². The molecule has 5 heteroatoms. The number of carbonyl (C=O) groups excluding carboxylic acids is 2. The van der Waals surface area contributed by atoms with Gasteiger partial charge in [-0.15, -0.1) is 0 Å². The van der Waals surface area contributed by atoms with Gasteiger partial charge in [0.15, 0.2) is 0 Å². The van der Waals surface area contributed by atoms with E-state index in [1.54, 1.807) is 0 Å². The summed E-state index contributed by atoms with van der Waals surface area (Å²) < 4.78 is 21.6. The normalized spacial score (nSPS) is 11.9. The number of methoxy groups -OCH3 is 2. The number of hydrogen-bond donors (Lipinski definition) is 0. The minimum atomic E-state index is -1.24. The molecular weight excluding hydrogens is 191 g/mol. The van der Waals surface area contributed by atoms with Gasteiger partial charge < -0.3 is 9.47 Å². The summed E-state index contributed by atoms with van der Waals surface area (Å²) in [5.41, 5.74) is 0. The third-order valence-electron chi connectivity index (χ3n) is 1.74. The lowest BCUT2D eigenvalue weighted by molar-refractivity contribution is -0.141. The molecule has 0 heterocycles. The minimum absolute atomic E-state index is 0.171. The van der Waals surface area contributed by atoms with Crippen LogP contribution in [0, 0.1) is 0 Å². The lowest BCUT2D eigenvalue weighted by Gasteiger charge is -2.05. The van der Waals surface area contributed by atoms with Gasteiger partial charge in [-0.1, -0.05) is 0 Å². The SMILES string of the molecule is COC(=O)CCCC(F)CC(=O)OC. The first-order valence-electron chi connectivity index (χ1n) is 4.37. The summed E-state index contributed by atoms with van der Waals surface area (Å²) in [5, 5.41) is 0. The van der Waals surface area contributed by atoms with Gasteiger partial charge in [0.25, 0.3) is 0 Å². The van der Waals surface area contributed by atoms with E-state index in [-0.39, 0.29) is 25.2 Å². The number of hydrogen-bond acceptors (Lipinski definition) is 4. The van der Waals surface area contributed by atoms with Crippen LogP contribution in [-0.4, -0.2) is 32.3 Å². The number of rotatable bonds is 6. The molecule has 0 saturated carbocycles. The highest BCUT2D eigenvalue weighted by Gasteiger charge is 2.13. The monoisotopic (exact) mass is 206 g/mol. The van der Waals surface area contributed by atoms with E-state index < -0.39 is 12.1 Å². The molecule has 4 nitrogen and oxygen atoms in total. The van der Waals surface area contributed by atoms with Crippen molar-refractivity contribution < 1.29 is 23.5 Å². The molecule has 0 aromatic carbocycles. The molecule has 0 aromatic rings. The average Bonchev–Trinajstić information content (AvgIpc) is 2.17. The Kier molecular flexibility index (Phi) is 6.70. The fourth-order valence-corrected chi connectivity index (χ4v) is 0.936. The predicted molar refractivity (Wildman–Crippen MR) is 47.4 cm³/mol. The zero-order valence-corrected chi connectivity index (χ0v) is 8.42. The number of halogens is 1. The summed E-state index contributed by atoms with van der Waals surface area (Å²) in [6.07, 6.45) is -0.766. The van der Waals surface area contributed by atoms with Crippen molar-refractivity contribution in [2.75, 3.05) is 14.2 Å². The smallest absolute Gasteiger partial charge is 0.308 e. The Morgan fingerprint density at radius 1 is 1.21 bits per heavy atom. The maximum absolute atomic E-state index is 12.9. The van der Waals surface area contributed by atoms with Crippen molar-refractivity contribution in [2.24, 2.45) is 0 Å². The molecule has 0 aliphatic rings. The minimum Gasteiger partial charge on any atom is -0.469 e. The Labute approximate surface area is 82.4 Å². The van der Waals surface area contributed by atoms with Gasteiger partial charge in [-0.05, 0) is 12.8 Å². The maximum Gasteiger partial charge on any atom is 0.308 e. The first kappa shape index (κ1) is 12.9. The molecule has 0 radical (unpaired) electrons. The largest absolute Gasteiger partial charge is 0.469 e. The van der Waals surface area contributed by atoms with Crippen LogP contribution in [-0.2, 0) is 19.1 Å². The van der Waals surface area contributed by atoms with E-state index in [4.69, 9.17) is 0 Å². The van der Waals surface area contributed by atoms with Crippen LogP contribution < -0.4 is 0 Å². The number of carbonyl (C=O) groups is 2. The topological polar surface area (TPSA) is 52.6 Å². The summed E-state index contributed by atoms with van der Waals surface area (Å²) in [6.45, 7) is 0. The number of alkyl halides is 1. The molecular formula is C9H15FO4. The third kappa shape index (κ3) is 6.39. The predicted octanol–water partition coefficient (Wildman–Crippen LogP) is 1.23. The summed E-state index contributed by atoms with van der Waals surface area (Å²) in [7, 11) is 2.49. The third-order valence-corrected chi connectivity index (χ3v) is 1.74. The van der Waals surface area contributed by atoms with Crippen molar-refractivity contribution in [3.05, 3.63) is 0 Å². The first-order valence-corrected chi connectivity index (χ1v) is 4.37. The standard InChI is InChI=1S/C9H15FO4/c1-13-8(11)5-3-4-7(10)6-9(12)14-2/h7H,3-6H2,1-2H3. The Morgan fingerprint density at radius 3 is 2.29 bits per heavy atom. The molecule has 1 unspecified atom stereocenters. The van der Waals surface area contributed by atoms with Crippen LogP contribution in [0.4, 0.5) is 4.39 Å². The average molecular weight is 206 g/mol. The second-order valence-corrected chi connectivity index (χ2v) is 2.85. The van der Waals surface area contributed by atoms with Gasteiger partial charge in [0.2, 0.25) is 0 Å². The van der Waals surface area contributed by atoms with Crippen LogP contribution in [0.3, 0.4) is 0 Å². The Balaban J connectivity index is 3.49. The fourth-order valence-electron chi connectivity index (χ4n) is 0.936. The molecule has 0 aliphatic heterocycles. The highest BCUT2D eigenvalue weighted by molar-refractivity contribution is 5.70. The molecule has 1 atom stereocenters. The van der Waals surface area contributed by atoms with Gasteiger partial charge in [0, 0.05) is 6.42 Å². The second kappa shape index (κ2) is 7.29. The zero-order chi connectivity index (χ0) is 11.0. The van der Waals surface area contributed by atoms with Crippen LogP contribution in [0.1, 0.15) is 25.7 Å². The lowest BCUT2D eigenvalue weighted by Crippen LogP contribution is -2.11. The van der Waals surface area contributed by atoms with E-state index in [9.17, 15) is 14.0 Å². The molecule has 0 rings (SSSR count). The zero-order valence-electron chi connectivity index (χ0n) is 8.42. The van der Waals surface area contributed by atoms with Gasteiger partial charge in [-0.25, -0.2) is 4.39 Å². The Morgan fingerprint density at radius 2 is 1.79 bits per heavy atom. The molecule has 0 fully saturated rings. The van der Waals surface area contributed by atoms with Crippen LogP contribution >= 0.6 is 0 Å². The lowest BCUT2D eigenvalue weighted by atomic mass is 10.1. The van der Waals surface area contributed by atoms with E-state index in [0.717, 1.165) is 0 Å². The molecule has 0 bridgehead atoms. The quantitative estimate of drug-likeness (QED) is 0.613. The van der Waals surface area contributed by atoms with Crippen molar-refractivity contribution >= 4 is 11.9 Å². The molecule has 0 N–H and O–H groups in total. The van der Waals surface area contributed by atoms with Gasteiger partial charge in [-0.3, -0.25) is 9.59 Å². The van der Waals surface area contributed by atoms with Gasteiger partial charge >= 0.3 is 11.9 Å². The molecule has 0 aromatic heterocycles. The first-order chi connectivity index (χ1) is 6.60. The van der Waals surface area contributed by atoms with E-state index in [1.807, 2.05) is 0 Å². The van der Waals surface area contributed by atoms with E-state index in [2.05, 4.69) is 9.47 Å². The van der Waals surface area contributed by atoms with E-state index in [1.165, 1.54) is 14.2 Å². The summed E-state index contributed by atoms with van der Waals surface area (Å²) in [6, 6.07) is 0. The second-order valence-electron chi connectivity index (χ2n) is 2.85. The fraction of sp³-hybridized carbons (Fsp3) is 0.778. The molecule has 0 spiro atoms. The van der Waals surface area contributed by atoms with Crippen molar-refractivity contribution in [3.8, 4) is 0 Å². The van der Waals surface area contributed by atoms with E-state index in [0.29, 0.717) is 6.42 Å². The van der Waals surface area contributed by atoms with Gasteiger partial charge in [0.05, 0.1) is 20.6 Å². The number of esters is 2. The van der Waals surface area contributed by atoms with Gasteiger partial charge in [0.1, 0.15) is 6.17 Å². The molecule has 82 valence electrons. The summed E-state index contributed by atoms with van der Waals surface area (Å²) >= 11 is 0. The molecule has 0 aliphatic carbocycles. The summed E-state index contributed by atoms with van der Waals surface area (Å²) in [4.78, 5) is 21.3. The van der Waals surface area contributed by atoms with E-state index >= 15 is 0 Å². The number of ether oxygens (including phenoxy) is 2. The van der Waals surface area contributed by atoms with Crippen molar-refractivity contribution in [1.29, 1.82) is 0 Å². The van der Waals surface area contributed by atoms with Crippen LogP contribution in [0.25, 0.3) is 0 Å². The van der Waals surface area contributed by atoms with Crippen LogP contribution in [0.2, 0.25) is 0 Å². The van der Waals surface area contributed by atoms with Crippen molar-refractivity contribution in [2.45, 2.75) is 31.9 Å². The van der Waals surface area contributed by atoms with Crippen LogP contribution in [0.5, 0.6) is 0 Å². The molecule has 0 saturated heterocycles.